The van der Waals surface area contributed by atoms with E-state index in [0.717, 1.165) is 22.0 Å². The van der Waals surface area contributed by atoms with Crippen LogP contribution in [0.3, 0.4) is 0 Å². The molecule has 0 radical (unpaired) electrons. The first kappa shape index (κ1) is 15.3. The highest BCUT2D eigenvalue weighted by Gasteiger charge is 2.08. The number of halogens is 1. The first-order valence-electron chi connectivity index (χ1n) is 5.88. The highest BCUT2D eigenvalue weighted by molar-refractivity contribution is 8.00. The predicted octanol–water partition coefficient (Wildman–Crippen LogP) is 2.68. The van der Waals surface area contributed by atoms with E-state index < -0.39 is 0 Å². The molecule has 0 aliphatic carbocycles. The molecule has 1 aromatic rings. The fourth-order valence-corrected chi connectivity index (χ4v) is 2.57. The number of nitrogens with one attached hydrogen (secondary N) is 2. The maximum absolute atomic E-state index is 11.6. The second kappa shape index (κ2) is 7.67. The molecule has 0 atom stereocenters. The van der Waals surface area contributed by atoms with E-state index in [1.165, 1.54) is 11.8 Å². The summed E-state index contributed by atoms with van der Waals surface area (Å²) >= 11 is 7.50. The quantitative estimate of drug-likeness (QED) is 0.790. The van der Waals surface area contributed by atoms with Gasteiger partial charge in [-0.3, -0.25) is 4.79 Å². The number of hydrogen-bond acceptors (Lipinski definition) is 3. The van der Waals surface area contributed by atoms with E-state index in [4.69, 9.17) is 11.6 Å². The van der Waals surface area contributed by atoms with Gasteiger partial charge < -0.3 is 10.6 Å². The molecule has 2 N–H and O–H groups in total. The minimum atomic E-state index is 0.0559. The summed E-state index contributed by atoms with van der Waals surface area (Å²) in [4.78, 5) is 12.7. The van der Waals surface area contributed by atoms with Crippen molar-refractivity contribution in [3.63, 3.8) is 0 Å². The Morgan fingerprint density at radius 1 is 1.44 bits per heavy atom. The summed E-state index contributed by atoms with van der Waals surface area (Å²) in [6.45, 7) is 4.66. The van der Waals surface area contributed by atoms with Gasteiger partial charge in [0.2, 0.25) is 5.91 Å². The van der Waals surface area contributed by atoms with Gasteiger partial charge in [0.1, 0.15) is 0 Å². The van der Waals surface area contributed by atoms with Gasteiger partial charge in [0, 0.05) is 22.5 Å². The lowest BCUT2D eigenvalue weighted by molar-refractivity contribution is -0.119. The Morgan fingerprint density at radius 3 is 2.78 bits per heavy atom. The fraction of sp³-hybridized carbons (Fsp3) is 0.462. The molecular formula is C13H19ClN2OS. The highest BCUT2D eigenvalue weighted by Crippen LogP contribution is 2.25. The summed E-state index contributed by atoms with van der Waals surface area (Å²) in [6, 6.07) is 5.92. The SMILES string of the molecule is CNCc1cc(Cl)ccc1SCC(=O)NC(C)C. The van der Waals surface area contributed by atoms with Gasteiger partial charge in [0.25, 0.3) is 0 Å². The summed E-state index contributed by atoms with van der Waals surface area (Å²) in [6.07, 6.45) is 0. The fourth-order valence-electron chi connectivity index (χ4n) is 1.52. The molecule has 1 aromatic carbocycles. The van der Waals surface area contributed by atoms with Crippen LogP contribution in [0.1, 0.15) is 19.4 Å². The molecule has 1 rings (SSSR count). The van der Waals surface area contributed by atoms with Gasteiger partial charge in [-0.25, -0.2) is 0 Å². The van der Waals surface area contributed by atoms with E-state index in [1.54, 1.807) is 0 Å². The topological polar surface area (TPSA) is 41.1 Å². The summed E-state index contributed by atoms with van der Waals surface area (Å²) in [5.74, 6) is 0.483. The molecule has 0 bridgehead atoms. The van der Waals surface area contributed by atoms with Gasteiger partial charge >= 0.3 is 0 Å². The molecule has 0 unspecified atom stereocenters. The van der Waals surface area contributed by atoms with Crippen molar-refractivity contribution >= 4 is 29.3 Å². The number of carbonyl (C=O) groups excluding carboxylic acids is 1. The van der Waals surface area contributed by atoms with Crippen molar-refractivity contribution in [1.82, 2.24) is 10.6 Å². The number of carbonyl (C=O) groups is 1. The van der Waals surface area contributed by atoms with Crippen molar-refractivity contribution in [1.29, 1.82) is 0 Å². The lowest BCUT2D eigenvalue weighted by atomic mass is 10.2. The number of amides is 1. The number of rotatable bonds is 6. The van der Waals surface area contributed by atoms with Gasteiger partial charge in [0.05, 0.1) is 5.75 Å². The minimum absolute atomic E-state index is 0.0559. The molecule has 0 fully saturated rings. The molecule has 1 amide bonds. The van der Waals surface area contributed by atoms with Crippen molar-refractivity contribution in [2.24, 2.45) is 0 Å². The zero-order valence-electron chi connectivity index (χ0n) is 10.9. The van der Waals surface area contributed by atoms with Crippen LogP contribution in [0.25, 0.3) is 0 Å². The third-order valence-electron chi connectivity index (χ3n) is 2.20. The number of benzene rings is 1. The first-order chi connectivity index (χ1) is 8.52. The van der Waals surface area contributed by atoms with Gasteiger partial charge in [-0.05, 0) is 44.7 Å². The summed E-state index contributed by atoms with van der Waals surface area (Å²) in [5.41, 5.74) is 1.12. The summed E-state index contributed by atoms with van der Waals surface area (Å²) in [5, 5.41) is 6.69. The molecule has 100 valence electrons. The largest absolute Gasteiger partial charge is 0.353 e. The maximum Gasteiger partial charge on any atom is 0.230 e. The van der Waals surface area contributed by atoms with E-state index in [9.17, 15) is 4.79 Å². The zero-order valence-corrected chi connectivity index (χ0v) is 12.5. The maximum atomic E-state index is 11.6. The molecule has 0 spiro atoms. The summed E-state index contributed by atoms with van der Waals surface area (Å²) in [7, 11) is 1.89. The van der Waals surface area contributed by atoms with Crippen LogP contribution < -0.4 is 10.6 Å². The molecule has 0 heterocycles. The molecule has 0 aliphatic rings. The Morgan fingerprint density at radius 2 is 2.17 bits per heavy atom. The minimum Gasteiger partial charge on any atom is -0.353 e. The standard InChI is InChI=1S/C13H19ClN2OS/c1-9(2)16-13(17)8-18-12-5-4-11(14)6-10(12)7-15-3/h4-6,9,15H,7-8H2,1-3H3,(H,16,17). The molecule has 3 nitrogen and oxygen atoms in total. The van der Waals surface area contributed by atoms with Crippen LogP contribution in [0, 0.1) is 0 Å². The Balaban J connectivity index is 2.63. The third kappa shape index (κ3) is 5.29. The van der Waals surface area contributed by atoms with Crippen LogP contribution in [0.2, 0.25) is 5.02 Å². The monoisotopic (exact) mass is 286 g/mol. The predicted molar refractivity (Wildman–Crippen MR) is 78.2 cm³/mol. The zero-order chi connectivity index (χ0) is 13.5. The molecule has 0 aromatic heterocycles. The van der Waals surface area contributed by atoms with Gasteiger partial charge in [-0.1, -0.05) is 11.6 Å². The molecule has 0 saturated heterocycles. The van der Waals surface area contributed by atoms with Crippen LogP contribution >= 0.6 is 23.4 Å². The normalized spacial score (nSPS) is 10.7. The van der Waals surface area contributed by atoms with Crippen LogP contribution in [0.15, 0.2) is 23.1 Å². The Labute approximate surface area is 118 Å². The number of thioether (sulfide) groups is 1. The van der Waals surface area contributed by atoms with E-state index in [0.29, 0.717) is 5.75 Å². The molecule has 0 aliphatic heterocycles. The van der Waals surface area contributed by atoms with Gasteiger partial charge in [-0.2, -0.15) is 0 Å². The average molecular weight is 287 g/mol. The molecule has 18 heavy (non-hydrogen) atoms. The van der Waals surface area contributed by atoms with Crippen molar-refractivity contribution in [3.8, 4) is 0 Å². The van der Waals surface area contributed by atoms with E-state index in [-0.39, 0.29) is 11.9 Å². The Hall–Kier alpha value is -0.710. The van der Waals surface area contributed by atoms with Gasteiger partial charge in [-0.15, -0.1) is 11.8 Å². The van der Waals surface area contributed by atoms with Crippen LogP contribution in [-0.2, 0) is 11.3 Å². The third-order valence-corrected chi connectivity index (χ3v) is 3.55. The van der Waals surface area contributed by atoms with Crippen LogP contribution in [0.4, 0.5) is 0 Å². The molecule has 0 saturated carbocycles. The highest BCUT2D eigenvalue weighted by atomic mass is 35.5. The second-order valence-corrected chi connectivity index (χ2v) is 5.75. The lowest BCUT2D eigenvalue weighted by Gasteiger charge is -2.11. The number of hydrogen-bond donors (Lipinski definition) is 2. The Bertz CT molecular complexity index is 410. The molecule has 5 heteroatoms. The van der Waals surface area contributed by atoms with Crippen LogP contribution in [-0.4, -0.2) is 24.7 Å². The van der Waals surface area contributed by atoms with Crippen LogP contribution in [0.5, 0.6) is 0 Å². The summed E-state index contributed by atoms with van der Waals surface area (Å²) < 4.78 is 0. The van der Waals surface area contributed by atoms with E-state index in [2.05, 4.69) is 10.6 Å². The van der Waals surface area contributed by atoms with E-state index in [1.807, 2.05) is 39.1 Å². The van der Waals surface area contributed by atoms with Crippen molar-refractivity contribution in [3.05, 3.63) is 28.8 Å². The lowest BCUT2D eigenvalue weighted by Crippen LogP contribution is -2.31. The molecular weight excluding hydrogens is 268 g/mol. The van der Waals surface area contributed by atoms with Gasteiger partial charge in [0.15, 0.2) is 0 Å². The van der Waals surface area contributed by atoms with Crippen molar-refractivity contribution in [2.45, 2.75) is 31.3 Å². The first-order valence-corrected chi connectivity index (χ1v) is 7.24. The average Bonchev–Trinajstić information content (AvgIpc) is 2.27. The smallest absolute Gasteiger partial charge is 0.230 e. The van der Waals surface area contributed by atoms with Crippen molar-refractivity contribution < 1.29 is 4.79 Å². The Kier molecular flexibility index (Phi) is 6.54. The van der Waals surface area contributed by atoms with Crippen molar-refractivity contribution in [2.75, 3.05) is 12.8 Å². The van der Waals surface area contributed by atoms with E-state index >= 15 is 0 Å². The second-order valence-electron chi connectivity index (χ2n) is 4.29.